The molecule has 0 aliphatic carbocycles. The van der Waals surface area contributed by atoms with Crippen LogP contribution in [0.3, 0.4) is 0 Å². The van der Waals surface area contributed by atoms with E-state index in [2.05, 4.69) is 33.9 Å². The summed E-state index contributed by atoms with van der Waals surface area (Å²) in [4.78, 5) is 55.5. The number of nitrogens with zero attached hydrogens (tertiary/aromatic N) is 2. The molecule has 8 nitrogen and oxygen atoms in total. The number of hydrogen-bond acceptors (Lipinski definition) is 6. The molecule has 1 saturated heterocycles. The quantitative estimate of drug-likeness (QED) is 0.253. The first-order chi connectivity index (χ1) is 16.5. The number of β-lactam (4-membered cyclic amide) rings is 1. The highest BCUT2D eigenvalue weighted by Crippen LogP contribution is 2.43. The molecule has 0 aromatic heterocycles. The molecule has 1 aromatic carbocycles. The van der Waals surface area contributed by atoms with Gasteiger partial charge in [-0.05, 0) is 69.5 Å². The van der Waals surface area contributed by atoms with Crippen molar-refractivity contribution in [2.45, 2.75) is 90.2 Å². The molecule has 3 aliphatic rings. The molecule has 3 aliphatic heterocycles. The summed E-state index contributed by atoms with van der Waals surface area (Å²) in [5.74, 6) is -1.97. The molecule has 0 saturated carbocycles. The van der Waals surface area contributed by atoms with Gasteiger partial charge in [-0.25, -0.2) is 4.79 Å². The Hall–Kier alpha value is -2.78. The zero-order chi connectivity index (χ0) is 26.8. The van der Waals surface area contributed by atoms with E-state index in [4.69, 9.17) is 9.16 Å². The molecule has 3 heterocycles. The number of benzene rings is 1. The summed E-state index contributed by atoms with van der Waals surface area (Å²) in [5, 5.41) is -0.0139. The average molecular weight is 513 g/mol. The van der Waals surface area contributed by atoms with E-state index >= 15 is 0 Å². The minimum absolute atomic E-state index is 0.0139. The van der Waals surface area contributed by atoms with Crippen molar-refractivity contribution in [2.24, 2.45) is 0 Å². The van der Waals surface area contributed by atoms with Gasteiger partial charge in [0, 0.05) is 0 Å². The van der Waals surface area contributed by atoms with Gasteiger partial charge in [0.25, 0.3) is 17.7 Å². The van der Waals surface area contributed by atoms with Crippen molar-refractivity contribution in [3.63, 3.8) is 0 Å². The standard InChI is InChI=1S/C27H36N2O6Si/c1-26(2,3)35-25(33)20-16(15-34-36(7,8)27(4,5)6)13-14-19-21(24(32)28(19)20)29-22(30)17-11-9-10-12-18(17)23(29)31/h9-12,19,21H,13-15H2,1-8H3/t19-,21+/m1/s1. The van der Waals surface area contributed by atoms with E-state index in [0.717, 1.165) is 10.5 Å². The number of fused-ring (bicyclic) bond motifs is 2. The van der Waals surface area contributed by atoms with Crippen molar-refractivity contribution in [1.29, 1.82) is 0 Å². The van der Waals surface area contributed by atoms with Crippen LogP contribution in [0.15, 0.2) is 35.5 Å². The lowest BCUT2D eigenvalue weighted by Gasteiger charge is -2.52. The Morgan fingerprint density at radius 1 is 0.972 bits per heavy atom. The summed E-state index contributed by atoms with van der Waals surface area (Å²) in [6.45, 7) is 16.3. The largest absolute Gasteiger partial charge is 0.455 e. The van der Waals surface area contributed by atoms with Crippen molar-refractivity contribution in [3.8, 4) is 0 Å². The van der Waals surface area contributed by atoms with Crippen LogP contribution < -0.4 is 0 Å². The fraction of sp³-hybridized carbons (Fsp3) is 0.556. The van der Waals surface area contributed by atoms with Gasteiger partial charge in [-0.2, -0.15) is 0 Å². The number of esters is 1. The third kappa shape index (κ3) is 4.32. The molecular weight excluding hydrogens is 476 g/mol. The molecule has 0 unspecified atom stereocenters. The lowest BCUT2D eigenvalue weighted by molar-refractivity contribution is -0.164. The van der Waals surface area contributed by atoms with E-state index in [1.54, 1.807) is 45.0 Å². The molecule has 0 bridgehead atoms. The maximum absolute atomic E-state index is 13.5. The van der Waals surface area contributed by atoms with Crippen LogP contribution >= 0.6 is 0 Å². The molecule has 0 spiro atoms. The Labute approximate surface area is 213 Å². The van der Waals surface area contributed by atoms with E-state index in [-0.39, 0.29) is 17.3 Å². The SMILES string of the molecule is CC(C)(C)OC(=O)C1=C(CO[Si](C)(C)C(C)(C)C)CC[C@@H]2[C@H](N3C(=O)c4ccccc4C3=O)C(=O)N12. The molecule has 9 heteroatoms. The smallest absolute Gasteiger partial charge is 0.355 e. The summed E-state index contributed by atoms with van der Waals surface area (Å²) in [5.41, 5.74) is 0.766. The zero-order valence-corrected chi connectivity index (χ0v) is 23.4. The second-order valence-electron chi connectivity index (χ2n) is 12.3. The van der Waals surface area contributed by atoms with E-state index in [1.807, 2.05) is 0 Å². The first kappa shape index (κ1) is 26.3. The predicted octanol–water partition coefficient (Wildman–Crippen LogP) is 4.27. The Balaban J connectivity index is 1.65. The van der Waals surface area contributed by atoms with Gasteiger partial charge in [0.05, 0.1) is 23.8 Å². The summed E-state index contributed by atoms with van der Waals surface area (Å²) >= 11 is 0. The van der Waals surface area contributed by atoms with Crippen molar-refractivity contribution < 1.29 is 28.3 Å². The molecular formula is C27H36N2O6Si. The number of carbonyl (C=O) groups is 4. The Morgan fingerprint density at radius 2 is 1.53 bits per heavy atom. The van der Waals surface area contributed by atoms with E-state index in [1.165, 1.54) is 4.90 Å². The van der Waals surface area contributed by atoms with Gasteiger partial charge in [0.15, 0.2) is 8.32 Å². The number of ether oxygens (including phenoxy) is 1. The maximum Gasteiger partial charge on any atom is 0.355 e. The molecule has 4 rings (SSSR count). The number of rotatable bonds is 5. The molecule has 1 aromatic rings. The number of carbonyl (C=O) groups excluding carboxylic acids is 4. The van der Waals surface area contributed by atoms with Gasteiger partial charge in [-0.15, -0.1) is 0 Å². The Bertz CT molecular complexity index is 1140. The highest BCUT2D eigenvalue weighted by atomic mass is 28.4. The summed E-state index contributed by atoms with van der Waals surface area (Å²) in [6, 6.07) is 5.18. The predicted molar refractivity (Wildman–Crippen MR) is 137 cm³/mol. The van der Waals surface area contributed by atoms with Crippen LogP contribution in [0.25, 0.3) is 0 Å². The van der Waals surface area contributed by atoms with Gasteiger partial charge in [-0.1, -0.05) is 32.9 Å². The number of amides is 3. The second kappa shape index (κ2) is 8.66. The topological polar surface area (TPSA) is 93.2 Å². The Morgan fingerprint density at radius 3 is 2.03 bits per heavy atom. The van der Waals surface area contributed by atoms with Crippen LogP contribution in [0.1, 0.15) is 75.1 Å². The van der Waals surface area contributed by atoms with Crippen LogP contribution in [0, 0.1) is 0 Å². The summed E-state index contributed by atoms with van der Waals surface area (Å²) in [7, 11) is -2.11. The van der Waals surface area contributed by atoms with Crippen molar-refractivity contribution in [3.05, 3.63) is 46.7 Å². The molecule has 2 atom stereocenters. The minimum Gasteiger partial charge on any atom is -0.455 e. The average Bonchev–Trinajstić information content (AvgIpc) is 3.00. The van der Waals surface area contributed by atoms with Gasteiger partial charge in [0.1, 0.15) is 17.3 Å². The highest BCUT2D eigenvalue weighted by Gasteiger charge is 2.59. The van der Waals surface area contributed by atoms with Crippen molar-refractivity contribution in [1.82, 2.24) is 9.80 Å². The molecule has 0 radical (unpaired) electrons. The number of hydrogen-bond donors (Lipinski definition) is 0. The summed E-state index contributed by atoms with van der Waals surface area (Å²) in [6.07, 6.45) is 1.03. The minimum atomic E-state index is -2.11. The Kier molecular flexibility index (Phi) is 6.32. The van der Waals surface area contributed by atoms with E-state index < -0.39 is 49.7 Å². The molecule has 0 N–H and O–H groups in total. The first-order valence-electron chi connectivity index (χ1n) is 12.4. The van der Waals surface area contributed by atoms with Crippen LogP contribution in [-0.4, -0.2) is 66.1 Å². The van der Waals surface area contributed by atoms with Crippen LogP contribution in [0.4, 0.5) is 0 Å². The lowest BCUT2D eigenvalue weighted by atomic mass is 9.82. The molecule has 36 heavy (non-hydrogen) atoms. The van der Waals surface area contributed by atoms with Gasteiger partial charge in [-0.3, -0.25) is 24.2 Å². The van der Waals surface area contributed by atoms with Gasteiger partial charge >= 0.3 is 5.97 Å². The third-order valence-corrected chi connectivity index (χ3v) is 12.1. The normalized spacial score (nSPS) is 22.5. The molecule has 194 valence electrons. The van der Waals surface area contributed by atoms with Crippen molar-refractivity contribution >= 4 is 32.0 Å². The second-order valence-corrected chi connectivity index (χ2v) is 17.1. The van der Waals surface area contributed by atoms with Gasteiger partial charge in [0.2, 0.25) is 0 Å². The lowest BCUT2D eigenvalue weighted by Crippen LogP contribution is -2.72. The molecule has 1 fully saturated rings. The number of imide groups is 1. The fourth-order valence-electron chi connectivity index (χ4n) is 4.64. The maximum atomic E-state index is 13.5. The van der Waals surface area contributed by atoms with Gasteiger partial charge < -0.3 is 9.16 Å². The summed E-state index contributed by atoms with van der Waals surface area (Å²) < 4.78 is 12.1. The fourth-order valence-corrected chi connectivity index (χ4v) is 5.61. The van der Waals surface area contributed by atoms with Crippen LogP contribution in [0.5, 0.6) is 0 Å². The van der Waals surface area contributed by atoms with Crippen LogP contribution in [0.2, 0.25) is 18.1 Å². The molecule has 3 amide bonds. The highest BCUT2D eigenvalue weighted by molar-refractivity contribution is 6.74. The monoisotopic (exact) mass is 512 g/mol. The van der Waals surface area contributed by atoms with Crippen LogP contribution in [-0.2, 0) is 18.8 Å². The van der Waals surface area contributed by atoms with E-state index in [0.29, 0.717) is 24.0 Å². The van der Waals surface area contributed by atoms with E-state index in [9.17, 15) is 19.2 Å². The van der Waals surface area contributed by atoms with Crippen molar-refractivity contribution in [2.75, 3.05) is 6.61 Å². The first-order valence-corrected chi connectivity index (χ1v) is 15.4. The third-order valence-electron chi connectivity index (χ3n) is 7.61. The zero-order valence-electron chi connectivity index (χ0n) is 22.4.